The van der Waals surface area contributed by atoms with Crippen LogP contribution >= 0.6 is 255 Å². The third-order valence-corrected chi connectivity index (χ3v) is 28.1. The number of halogens is 16. The van der Waals surface area contributed by atoms with E-state index < -0.39 is 44.8 Å². The fourth-order valence-electron chi connectivity index (χ4n) is 4.33. The highest BCUT2D eigenvalue weighted by Crippen LogP contribution is 2.55. The second kappa shape index (κ2) is 23.5. The lowest BCUT2D eigenvalue weighted by molar-refractivity contribution is 0.160. The van der Waals surface area contributed by atoms with Crippen molar-refractivity contribution in [3.63, 3.8) is 0 Å². The molecule has 0 bridgehead atoms. The van der Waals surface area contributed by atoms with Crippen LogP contribution in [0.2, 0.25) is 0 Å². The average molecular weight is 1900 g/mol. The summed E-state index contributed by atoms with van der Waals surface area (Å²) in [6.45, 7) is 0. The van der Waals surface area contributed by atoms with E-state index in [0.29, 0.717) is 0 Å². The molecule has 8 N–H and O–H groups in total. The van der Waals surface area contributed by atoms with E-state index in [1.54, 1.807) is 0 Å². The molecule has 0 saturated heterocycles. The Morgan fingerprint density at radius 2 is 0.234 bits per heavy atom. The molecule has 0 amide bonds. The minimum atomic E-state index is -1.69. The zero-order valence-corrected chi connectivity index (χ0v) is 55.6. The van der Waals surface area contributed by atoms with Gasteiger partial charge in [-0.15, -0.1) is 51.4 Å². The van der Waals surface area contributed by atoms with Crippen LogP contribution in [0.25, 0.3) is 0 Å². The Hall–Kier alpha value is 1.76. The fraction of sp³-hybridized carbons (Fsp3) is 0.200. The quantitative estimate of drug-likeness (QED) is 0.111. The molecule has 24 heteroatoms. The van der Waals surface area contributed by atoms with Crippen molar-refractivity contribution in [3.8, 4) is 98.8 Å². The van der Waals surface area contributed by atoms with Crippen LogP contribution in [0.5, 0.6) is 0 Å². The Morgan fingerprint density at radius 3 is 0.266 bits per heavy atom. The molecule has 0 radical (unpaired) electrons. The van der Waals surface area contributed by atoms with Crippen LogP contribution in [0.4, 0.5) is 0 Å². The summed E-state index contributed by atoms with van der Waals surface area (Å²) in [4.78, 5) is 0. The van der Waals surface area contributed by atoms with E-state index in [9.17, 15) is 40.9 Å². The summed E-state index contributed by atoms with van der Waals surface area (Å²) in [6, 6.07) is 0. The van der Waals surface area contributed by atoms with Gasteiger partial charge in [-0.2, -0.15) is 0 Å². The Bertz CT molecular complexity index is 2050. The van der Waals surface area contributed by atoms with Gasteiger partial charge in [-0.1, -0.05) is 47.4 Å². The molecule has 0 heterocycles. The fourth-order valence-corrected chi connectivity index (χ4v) is 16.0. The van der Waals surface area contributed by atoms with Crippen molar-refractivity contribution in [1.29, 1.82) is 0 Å². The molecule has 0 fully saturated rings. The maximum atomic E-state index is 10.2. The molecule has 0 unspecified atom stereocenters. The Balaban J connectivity index is 0.000000427. The average Bonchev–Trinajstić information content (AvgIpc) is 3.31. The van der Waals surface area contributed by atoms with Gasteiger partial charge in [0.1, 0.15) is 0 Å². The first-order valence-corrected chi connectivity index (χ1v) is 27.8. The van der Waals surface area contributed by atoms with Crippen LogP contribution in [0.15, 0.2) is 71.7 Å². The van der Waals surface area contributed by atoms with Crippen LogP contribution in [0, 0.1) is 98.8 Å². The van der Waals surface area contributed by atoms with Gasteiger partial charge in [0.2, 0.25) is 0 Å². The minimum absolute atomic E-state index is 0.179. The molecular formula is C40H16Br16O8. The number of hydrogen-bond donors (Lipinski definition) is 8. The second-order valence-corrected chi connectivity index (χ2v) is 24.5. The summed E-state index contributed by atoms with van der Waals surface area (Å²) < 4.78 is 2.86. The summed E-state index contributed by atoms with van der Waals surface area (Å²) in [6.07, 6.45) is 42.2. The lowest BCUT2D eigenvalue weighted by Gasteiger charge is -2.35. The molecule has 4 aliphatic carbocycles. The third kappa shape index (κ3) is 10.6. The van der Waals surface area contributed by atoms with Crippen LogP contribution in [-0.4, -0.2) is 85.7 Å². The standard InChI is InChI=1S/4C10H4Br4O2/c4*1-3-9(15)5(11)7(13)10(16,4-2)8(14)6(9)12/h4*1-2,15-16H. The predicted molar refractivity (Wildman–Crippen MR) is 309 cm³/mol. The van der Waals surface area contributed by atoms with Gasteiger partial charge >= 0.3 is 0 Å². The highest BCUT2D eigenvalue weighted by molar-refractivity contribution is 9.17. The minimum Gasteiger partial charge on any atom is -0.369 e. The first kappa shape index (κ1) is 63.8. The highest BCUT2D eigenvalue weighted by atomic mass is 79.9. The van der Waals surface area contributed by atoms with Crippen molar-refractivity contribution in [1.82, 2.24) is 0 Å². The van der Waals surface area contributed by atoms with E-state index in [1.165, 1.54) is 0 Å². The number of terminal acetylenes is 8. The molecule has 0 spiro atoms. The monoisotopic (exact) mass is 1890 g/mol. The highest BCUT2D eigenvalue weighted by Gasteiger charge is 2.52. The molecular weight excluding hydrogens is 1890 g/mol. The maximum absolute atomic E-state index is 10.2. The maximum Gasteiger partial charge on any atom is 0.191 e. The molecule has 0 saturated carbocycles. The van der Waals surface area contributed by atoms with E-state index in [2.05, 4.69) is 302 Å². The van der Waals surface area contributed by atoms with Gasteiger partial charge in [0.25, 0.3) is 0 Å². The number of rotatable bonds is 0. The predicted octanol–water partition coefficient (Wildman–Crippen LogP) is 10.9. The third-order valence-electron chi connectivity index (χ3n) is 8.30. The van der Waals surface area contributed by atoms with Gasteiger partial charge in [-0.05, 0) is 255 Å². The normalized spacial score (nSPS) is 34.8. The topological polar surface area (TPSA) is 162 Å². The van der Waals surface area contributed by atoms with Crippen LogP contribution < -0.4 is 0 Å². The Kier molecular flexibility index (Phi) is 23.5. The van der Waals surface area contributed by atoms with E-state index in [0.717, 1.165) is 0 Å². The van der Waals surface area contributed by atoms with Crippen LogP contribution in [0.3, 0.4) is 0 Å². The Labute approximate surface area is 503 Å². The van der Waals surface area contributed by atoms with E-state index in [-0.39, 0.29) is 71.7 Å². The molecule has 64 heavy (non-hydrogen) atoms. The van der Waals surface area contributed by atoms with Crippen molar-refractivity contribution < 1.29 is 40.9 Å². The van der Waals surface area contributed by atoms with Crippen molar-refractivity contribution in [2.75, 3.05) is 0 Å². The molecule has 0 aromatic heterocycles. The molecule has 336 valence electrons. The smallest absolute Gasteiger partial charge is 0.191 e. The van der Waals surface area contributed by atoms with Crippen molar-refractivity contribution >= 4 is 255 Å². The molecule has 0 aromatic rings. The zero-order chi connectivity index (χ0) is 50.9. The summed E-state index contributed by atoms with van der Waals surface area (Å²) in [5.41, 5.74) is -13.5. The molecule has 0 aliphatic heterocycles. The summed E-state index contributed by atoms with van der Waals surface area (Å²) in [5.74, 6) is 17.7. The summed E-state index contributed by atoms with van der Waals surface area (Å²) in [7, 11) is 0. The van der Waals surface area contributed by atoms with Crippen LogP contribution in [-0.2, 0) is 0 Å². The molecule has 4 aliphatic rings. The van der Waals surface area contributed by atoms with Crippen LogP contribution in [0.1, 0.15) is 0 Å². The first-order valence-electron chi connectivity index (χ1n) is 15.1. The van der Waals surface area contributed by atoms with E-state index >= 15 is 0 Å². The molecule has 4 rings (SSSR count). The number of aliphatic hydroxyl groups is 8. The molecule has 0 aromatic carbocycles. The van der Waals surface area contributed by atoms with Gasteiger partial charge in [-0.3, -0.25) is 0 Å². The molecule has 0 atom stereocenters. The van der Waals surface area contributed by atoms with Gasteiger partial charge in [-0.25, -0.2) is 0 Å². The van der Waals surface area contributed by atoms with Gasteiger partial charge in [0, 0.05) is 0 Å². The SMILES string of the molecule is C#CC1(O)C(Br)=C(Br)C(O)(C#C)C(Br)=C1Br.C#CC1(O)C(Br)=C(Br)C(O)(C#C)C(Br)=C1Br.C#CC1(O)C(Br)=C(Br)C(O)(C#C)C(Br)=C1Br.C#CC1(O)C(Br)=C(Br)C(O)(C#C)C(Br)=C1Br. The lowest BCUT2D eigenvalue weighted by Crippen LogP contribution is -2.41. The second-order valence-electron chi connectivity index (χ2n) is 11.9. The van der Waals surface area contributed by atoms with Gasteiger partial charge < -0.3 is 40.9 Å². The van der Waals surface area contributed by atoms with Crippen molar-refractivity contribution in [2.45, 2.75) is 44.8 Å². The van der Waals surface area contributed by atoms with E-state index in [1.807, 2.05) is 0 Å². The van der Waals surface area contributed by atoms with Gasteiger partial charge in [0.05, 0.1) is 71.7 Å². The number of hydrogen-bond acceptors (Lipinski definition) is 8. The zero-order valence-electron chi connectivity index (χ0n) is 30.2. The summed E-state index contributed by atoms with van der Waals surface area (Å²) >= 11 is 49.9. The van der Waals surface area contributed by atoms with Crippen molar-refractivity contribution in [2.24, 2.45) is 0 Å². The Morgan fingerprint density at radius 1 is 0.188 bits per heavy atom. The van der Waals surface area contributed by atoms with Crippen molar-refractivity contribution in [3.05, 3.63) is 71.7 Å². The lowest BCUT2D eigenvalue weighted by atomic mass is 9.90. The van der Waals surface area contributed by atoms with E-state index in [4.69, 9.17) is 51.4 Å². The largest absolute Gasteiger partial charge is 0.369 e. The molecule has 8 nitrogen and oxygen atoms in total. The van der Waals surface area contributed by atoms with Gasteiger partial charge in [0.15, 0.2) is 44.8 Å². The summed E-state index contributed by atoms with van der Waals surface area (Å²) in [5, 5.41) is 81.6. The first-order chi connectivity index (χ1) is 29.0.